The summed E-state index contributed by atoms with van der Waals surface area (Å²) in [6.07, 6.45) is 1.30. The normalized spacial score (nSPS) is 11.7. The van der Waals surface area contributed by atoms with E-state index in [4.69, 9.17) is 4.74 Å². The van der Waals surface area contributed by atoms with Crippen LogP contribution >= 0.6 is 0 Å². The molecule has 1 aromatic carbocycles. The molecule has 0 atom stereocenters. The third kappa shape index (κ3) is 3.06. The molecule has 4 aromatic rings. The highest BCUT2D eigenvalue weighted by Gasteiger charge is 2.36. The maximum absolute atomic E-state index is 13.0. The third-order valence-corrected chi connectivity index (χ3v) is 3.61. The molecule has 3 heterocycles. The van der Waals surface area contributed by atoms with Crippen LogP contribution in [0.5, 0.6) is 11.6 Å². The van der Waals surface area contributed by atoms with Crippen LogP contribution in [-0.4, -0.2) is 24.6 Å². The van der Waals surface area contributed by atoms with Crippen molar-refractivity contribution in [2.24, 2.45) is 0 Å². The number of hydrogen-bond donors (Lipinski definition) is 0. The van der Waals surface area contributed by atoms with Gasteiger partial charge in [-0.1, -0.05) is 12.1 Å². The van der Waals surface area contributed by atoms with Gasteiger partial charge in [-0.25, -0.2) is 4.98 Å². The lowest BCUT2D eigenvalue weighted by Crippen LogP contribution is -2.10. The van der Waals surface area contributed by atoms with E-state index in [9.17, 15) is 13.2 Å². The number of alkyl halides is 3. The average molecular weight is 357 g/mol. The maximum atomic E-state index is 13.0. The highest BCUT2D eigenvalue weighted by molar-refractivity contribution is 5.65. The number of aromatic nitrogens is 5. The first kappa shape index (κ1) is 16.0. The molecular formula is C17H10F3N5O. The van der Waals surface area contributed by atoms with Gasteiger partial charge in [0.1, 0.15) is 5.75 Å². The number of halogens is 3. The molecule has 0 saturated heterocycles. The second kappa shape index (κ2) is 6.10. The molecule has 9 heteroatoms. The Balaban J connectivity index is 1.65. The number of rotatable bonds is 3. The predicted octanol–water partition coefficient (Wildman–Crippen LogP) is 4.00. The van der Waals surface area contributed by atoms with Gasteiger partial charge in [0, 0.05) is 18.6 Å². The summed E-state index contributed by atoms with van der Waals surface area (Å²) in [5.41, 5.74) is 1.44. The van der Waals surface area contributed by atoms with Gasteiger partial charge in [0.25, 0.3) is 0 Å². The van der Waals surface area contributed by atoms with Crippen LogP contribution in [0.25, 0.3) is 16.8 Å². The molecule has 0 unspecified atom stereocenters. The zero-order chi connectivity index (χ0) is 18.1. The molecule has 6 nitrogen and oxygen atoms in total. The van der Waals surface area contributed by atoms with Crippen LogP contribution < -0.4 is 4.74 Å². The minimum atomic E-state index is -4.58. The fourth-order valence-electron chi connectivity index (χ4n) is 2.43. The van der Waals surface area contributed by atoms with Gasteiger partial charge in [0.2, 0.25) is 11.7 Å². The number of nitrogens with zero attached hydrogens (tertiary/aromatic N) is 5. The van der Waals surface area contributed by atoms with E-state index in [0.29, 0.717) is 17.2 Å². The Morgan fingerprint density at radius 2 is 1.65 bits per heavy atom. The van der Waals surface area contributed by atoms with Crippen LogP contribution in [-0.2, 0) is 6.18 Å². The van der Waals surface area contributed by atoms with E-state index in [-0.39, 0.29) is 5.65 Å². The first-order chi connectivity index (χ1) is 12.5. The van der Waals surface area contributed by atoms with Crippen LogP contribution in [0.1, 0.15) is 5.82 Å². The Labute approximate surface area is 144 Å². The van der Waals surface area contributed by atoms with E-state index in [0.717, 1.165) is 9.96 Å². The van der Waals surface area contributed by atoms with E-state index < -0.39 is 12.0 Å². The summed E-state index contributed by atoms with van der Waals surface area (Å²) >= 11 is 0. The van der Waals surface area contributed by atoms with Gasteiger partial charge < -0.3 is 4.74 Å². The van der Waals surface area contributed by atoms with Crippen LogP contribution in [0.4, 0.5) is 13.2 Å². The number of ether oxygens (including phenoxy) is 1. The van der Waals surface area contributed by atoms with Gasteiger partial charge in [-0.05, 0) is 35.4 Å². The Morgan fingerprint density at radius 3 is 2.35 bits per heavy atom. The van der Waals surface area contributed by atoms with Crippen molar-refractivity contribution in [2.45, 2.75) is 6.18 Å². The van der Waals surface area contributed by atoms with Crippen LogP contribution in [0.2, 0.25) is 0 Å². The Morgan fingerprint density at radius 1 is 0.885 bits per heavy atom. The lowest BCUT2D eigenvalue weighted by atomic mass is 10.1. The van der Waals surface area contributed by atoms with Gasteiger partial charge in [0.15, 0.2) is 5.65 Å². The maximum Gasteiger partial charge on any atom is 0.452 e. The SMILES string of the molecule is FC(F)(F)c1nnc2ccc(-c3ccc(Oc4cnccn4)cc3)cn12. The monoisotopic (exact) mass is 357 g/mol. The smallest absolute Gasteiger partial charge is 0.438 e. The molecule has 0 spiro atoms. The van der Waals surface area contributed by atoms with Gasteiger partial charge in [-0.2, -0.15) is 13.2 Å². The summed E-state index contributed by atoms with van der Waals surface area (Å²) in [6, 6.07) is 10.1. The van der Waals surface area contributed by atoms with Gasteiger partial charge in [-0.3, -0.25) is 9.38 Å². The highest BCUT2D eigenvalue weighted by atomic mass is 19.4. The molecule has 3 aromatic heterocycles. The van der Waals surface area contributed by atoms with Crippen molar-refractivity contribution >= 4 is 5.65 Å². The zero-order valence-corrected chi connectivity index (χ0v) is 13.1. The van der Waals surface area contributed by atoms with E-state index in [1.54, 1.807) is 30.3 Å². The van der Waals surface area contributed by atoms with E-state index in [2.05, 4.69) is 20.2 Å². The van der Waals surface area contributed by atoms with Crippen molar-refractivity contribution in [1.29, 1.82) is 0 Å². The van der Waals surface area contributed by atoms with Gasteiger partial charge in [0.05, 0.1) is 6.20 Å². The van der Waals surface area contributed by atoms with Crippen LogP contribution in [0.3, 0.4) is 0 Å². The fraction of sp³-hybridized carbons (Fsp3) is 0.0588. The van der Waals surface area contributed by atoms with Crippen molar-refractivity contribution in [3.8, 4) is 22.8 Å². The minimum absolute atomic E-state index is 0.128. The first-order valence-corrected chi connectivity index (χ1v) is 7.47. The van der Waals surface area contributed by atoms with Crippen molar-refractivity contribution in [1.82, 2.24) is 24.6 Å². The molecule has 26 heavy (non-hydrogen) atoms. The van der Waals surface area contributed by atoms with Crippen LogP contribution in [0, 0.1) is 0 Å². The molecule has 4 rings (SSSR count). The molecule has 0 aliphatic carbocycles. The summed E-state index contributed by atoms with van der Waals surface area (Å²) in [5, 5.41) is 6.76. The Bertz CT molecular complexity index is 1050. The second-order valence-corrected chi connectivity index (χ2v) is 5.34. The number of hydrogen-bond acceptors (Lipinski definition) is 5. The Kier molecular flexibility index (Phi) is 3.76. The van der Waals surface area contributed by atoms with Gasteiger partial charge >= 0.3 is 6.18 Å². The van der Waals surface area contributed by atoms with Gasteiger partial charge in [-0.15, -0.1) is 10.2 Å². The third-order valence-electron chi connectivity index (χ3n) is 3.61. The molecule has 0 amide bonds. The number of benzene rings is 1. The Hall–Kier alpha value is -3.49. The second-order valence-electron chi connectivity index (χ2n) is 5.34. The minimum Gasteiger partial charge on any atom is -0.438 e. The van der Waals surface area contributed by atoms with Crippen molar-refractivity contribution in [3.05, 3.63) is 67.0 Å². The molecule has 0 aliphatic rings. The summed E-state index contributed by atoms with van der Waals surface area (Å²) in [6.45, 7) is 0. The van der Waals surface area contributed by atoms with Crippen LogP contribution in [0.15, 0.2) is 61.2 Å². The first-order valence-electron chi connectivity index (χ1n) is 7.47. The van der Waals surface area contributed by atoms with E-state index in [1.165, 1.54) is 30.9 Å². The summed E-state index contributed by atoms with van der Waals surface area (Å²) < 4.78 is 45.5. The lowest BCUT2D eigenvalue weighted by molar-refractivity contribution is -0.145. The molecule has 0 N–H and O–H groups in total. The zero-order valence-electron chi connectivity index (χ0n) is 13.1. The summed E-state index contributed by atoms with van der Waals surface area (Å²) in [7, 11) is 0. The molecule has 0 radical (unpaired) electrons. The fourth-order valence-corrected chi connectivity index (χ4v) is 2.43. The predicted molar refractivity (Wildman–Crippen MR) is 85.5 cm³/mol. The summed E-state index contributed by atoms with van der Waals surface area (Å²) in [4.78, 5) is 7.91. The summed E-state index contributed by atoms with van der Waals surface area (Å²) in [5.74, 6) is -0.173. The highest BCUT2D eigenvalue weighted by Crippen LogP contribution is 2.30. The average Bonchev–Trinajstić information content (AvgIpc) is 3.07. The topological polar surface area (TPSA) is 65.2 Å². The van der Waals surface area contributed by atoms with Crippen molar-refractivity contribution < 1.29 is 17.9 Å². The molecule has 0 saturated carbocycles. The molecule has 0 fully saturated rings. The standard InChI is InChI=1S/C17H10F3N5O/c18-17(19,20)16-24-23-14-6-3-12(10-25(14)16)11-1-4-13(5-2-11)26-15-9-21-7-8-22-15/h1-10H. The van der Waals surface area contributed by atoms with Crippen molar-refractivity contribution in [2.75, 3.05) is 0 Å². The lowest BCUT2D eigenvalue weighted by Gasteiger charge is -2.08. The number of fused-ring (bicyclic) bond motifs is 1. The largest absolute Gasteiger partial charge is 0.452 e. The quantitative estimate of drug-likeness (QED) is 0.555. The number of pyridine rings is 1. The molecule has 0 bridgehead atoms. The van der Waals surface area contributed by atoms with E-state index >= 15 is 0 Å². The van der Waals surface area contributed by atoms with Crippen molar-refractivity contribution in [3.63, 3.8) is 0 Å². The van der Waals surface area contributed by atoms with E-state index in [1.807, 2.05) is 0 Å². The molecule has 0 aliphatic heterocycles. The molecule has 130 valence electrons. The molecular weight excluding hydrogens is 347 g/mol.